The smallest absolute Gasteiger partial charge is 0.261 e. The molecule has 0 aliphatic carbocycles. The van der Waals surface area contributed by atoms with Crippen LogP contribution < -0.4 is 9.05 Å². The SMILES string of the molecule is CC(c1ccccc1)P(=O)(Oc1cccc(OP(=O)(C(C)c2ccccc2)C(C)c2ccccc2)c1)C(C)c1ccccc1. The topological polar surface area (TPSA) is 52.6 Å². The van der Waals surface area contributed by atoms with Gasteiger partial charge in [0.2, 0.25) is 0 Å². The molecule has 5 rings (SSSR count). The Morgan fingerprint density at radius 3 is 0.886 bits per heavy atom. The van der Waals surface area contributed by atoms with Crippen molar-refractivity contribution in [3.63, 3.8) is 0 Å². The zero-order chi connectivity index (χ0) is 31.2. The predicted octanol–water partition coefficient (Wildman–Crippen LogP) is 12.0. The monoisotopic (exact) mass is 622 g/mol. The highest BCUT2D eigenvalue weighted by molar-refractivity contribution is 7.60. The Morgan fingerprint density at radius 2 is 0.636 bits per heavy atom. The summed E-state index contributed by atoms with van der Waals surface area (Å²) in [4.78, 5) is 0. The Balaban J connectivity index is 1.52. The molecule has 0 N–H and O–H groups in total. The molecule has 226 valence electrons. The third kappa shape index (κ3) is 6.78. The van der Waals surface area contributed by atoms with Crippen LogP contribution in [0.5, 0.6) is 11.5 Å². The van der Waals surface area contributed by atoms with Gasteiger partial charge in [-0.3, -0.25) is 9.13 Å². The Morgan fingerprint density at radius 1 is 0.386 bits per heavy atom. The van der Waals surface area contributed by atoms with Crippen LogP contribution in [0.15, 0.2) is 146 Å². The molecule has 0 spiro atoms. The van der Waals surface area contributed by atoms with E-state index in [4.69, 9.17) is 9.05 Å². The summed E-state index contributed by atoms with van der Waals surface area (Å²) in [5, 5.41) is 0. The lowest BCUT2D eigenvalue weighted by Crippen LogP contribution is -2.10. The second kappa shape index (κ2) is 13.9. The standard InChI is InChI=1S/C38H40O4P2/c1-29(33-18-9-5-10-19-33)43(39,30(2)34-20-11-6-12-21-34)41-37-26-17-27-38(28-37)42-44(40,31(3)35-22-13-7-14-23-35)32(4)36-24-15-8-16-25-36/h5-32H,1-4H3. The fraction of sp³-hybridized carbons (Fsp3) is 0.211. The molecule has 44 heavy (non-hydrogen) atoms. The van der Waals surface area contributed by atoms with E-state index in [9.17, 15) is 0 Å². The van der Waals surface area contributed by atoms with E-state index >= 15 is 9.13 Å². The molecule has 0 fully saturated rings. The van der Waals surface area contributed by atoms with Crippen molar-refractivity contribution in [3.05, 3.63) is 168 Å². The average molecular weight is 623 g/mol. The summed E-state index contributed by atoms with van der Waals surface area (Å²) in [7, 11) is -6.79. The third-order valence-electron chi connectivity index (χ3n) is 8.59. The third-order valence-corrected chi connectivity index (χ3v) is 15.1. The van der Waals surface area contributed by atoms with Crippen LogP contribution in [0.4, 0.5) is 0 Å². The Bertz CT molecular complexity index is 1500. The number of hydrogen-bond donors (Lipinski definition) is 0. The second-order valence-corrected chi connectivity index (χ2v) is 17.3. The molecule has 0 heterocycles. The highest BCUT2D eigenvalue weighted by atomic mass is 31.2. The Kier molecular flexibility index (Phi) is 9.94. The van der Waals surface area contributed by atoms with Crippen molar-refractivity contribution >= 4 is 14.7 Å². The zero-order valence-electron chi connectivity index (χ0n) is 25.7. The molecule has 4 unspecified atom stereocenters. The predicted molar refractivity (Wildman–Crippen MR) is 182 cm³/mol. The van der Waals surface area contributed by atoms with Gasteiger partial charge >= 0.3 is 0 Å². The van der Waals surface area contributed by atoms with E-state index in [0.29, 0.717) is 11.5 Å². The molecular weight excluding hydrogens is 582 g/mol. The minimum atomic E-state index is -3.40. The van der Waals surface area contributed by atoms with E-state index in [-0.39, 0.29) is 22.6 Å². The fourth-order valence-electron chi connectivity index (χ4n) is 5.66. The van der Waals surface area contributed by atoms with Gasteiger partial charge in [-0.05, 0) is 62.1 Å². The Hall–Kier alpha value is -3.84. The van der Waals surface area contributed by atoms with Crippen molar-refractivity contribution < 1.29 is 18.2 Å². The van der Waals surface area contributed by atoms with E-state index in [2.05, 4.69) is 0 Å². The summed E-state index contributed by atoms with van der Waals surface area (Å²) in [6.07, 6.45) is 0. The summed E-state index contributed by atoms with van der Waals surface area (Å²) in [5.74, 6) is 0.838. The number of rotatable bonds is 12. The van der Waals surface area contributed by atoms with Crippen molar-refractivity contribution in [2.75, 3.05) is 0 Å². The van der Waals surface area contributed by atoms with Crippen LogP contribution in [-0.4, -0.2) is 0 Å². The van der Waals surface area contributed by atoms with Crippen molar-refractivity contribution in [3.8, 4) is 11.5 Å². The molecule has 4 atom stereocenters. The minimum Gasteiger partial charge on any atom is -0.442 e. The molecule has 0 saturated carbocycles. The molecule has 0 aromatic heterocycles. The quantitative estimate of drug-likeness (QED) is 0.130. The molecular formula is C38H40O4P2. The lowest BCUT2D eigenvalue weighted by Gasteiger charge is -2.32. The van der Waals surface area contributed by atoms with E-state index in [1.165, 1.54) is 0 Å². The first kappa shape index (κ1) is 31.6. The van der Waals surface area contributed by atoms with Gasteiger partial charge in [0.15, 0.2) is 0 Å². The molecule has 6 heteroatoms. The second-order valence-electron chi connectivity index (χ2n) is 11.3. The lowest BCUT2D eigenvalue weighted by molar-refractivity contribution is 0.451. The van der Waals surface area contributed by atoms with Gasteiger partial charge in [0.25, 0.3) is 14.7 Å². The molecule has 0 aliphatic rings. The molecule has 0 radical (unpaired) electrons. The number of benzene rings is 5. The molecule has 0 aliphatic heterocycles. The van der Waals surface area contributed by atoms with Crippen LogP contribution in [0.25, 0.3) is 0 Å². The first-order valence-electron chi connectivity index (χ1n) is 15.1. The highest BCUT2D eigenvalue weighted by Gasteiger charge is 2.42. The van der Waals surface area contributed by atoms with Gasteiger partial charge < -0.3 is 9.05 Å². The van der Waals surface area contributed by atoms with Crippen molar-refractivity contribution in [2.45, 2.75) is 50.3 Å². The first-order valence-corrected chi connectivity index (χ1v) is 18.6. The van der Waals surface area contributed by atoms with Gasteiger partial charge in [0.1, 0.15) is 11.5 Å². The highest BCUT2D eigenvalue weighted by Crippen LogP contribution is 2.70. The maximum atomic E-state index is 15.0. The van der Waals surface area contributed by atoms with E-state index in [1.54, 1.807) is 24.3 Å². The van der Waals surface area contributed by atoms with Crippen LogP contribution in [0.3, 0.4) is 0 Å². The van der Waals surface area contributed by atoms with Crippen molar-refractivity contribution in [2.24, 2.45) is 0 Å². The first-order chi connectivity index (χ1) is 21.2. The van der Waals surface area contributed by atoms with Gasteiger partial charge in [-0.15, -0.1) is 0 Å². The van der Waals surface area contributed by atoms with Gasteiger partial charge in [-0.25, -0.2) is 0 Å². The zero-order valence-corrected chi connectivity index (χ0v) is 27.5. The summed E-state index contributed by atoms with van der Waals surface area (Å²) >= 11 is 0. The van der Waals surface area contributed by atoms with Crippen LogP contribution in [0.1, 0.15) is 72.6 Å². The van der Waals surface area contributed by atoms with E-state index in [1.807, 2.05) is 149 Å². The van der Waals surface area contributed by atoms with Gasteiger partial charge in [-0.2, -0.15) is 0 Å². The normalized spacial score (nSPS) is 16.8. The molecule has 0 saturated heterocycles. The summed E-state index contributed by atoms with van der Waals surface area (Å²) in [6, 6.07) is 46.5. The van der Waals surface area contributed by atoms with E-state index in [0.717, 1.165) is 22.3 Å². The minimum absolute atomic E-state index is 0.370. The molecule has 4 nitrogen and oxygen atoms in total. The summed E-state index contributed by atoms with van der Waals surface area (Å²) in [5.41, 5.74) is 2.31. The number of hydrogen-bond acceptors (Lipinski definition) is 4. The molecule has 5 aromatic carbocycles. The fourth-order valence-corrected chi connectivity index (χ4v) is 10.9. The van der Waals surface area contributed by atoms with Crippen LogP contribution in [-0.2, 0) is 9.13 Å². The summed E-state index contributed by atoms with van der Waals surface area (Å²) in [6.45, 7) is 7.86. The van der Waals surface area contributed by atoms with Crippen LogP contribution in [0, 0.1) is 0 Å². The maximum Gasteiger partial charge on any atom is 0.261 e. The van der Waals surface area contributed by atoms with Crippen LogP contribution >= 0.6 is 14.7 Å². The van der Waals surface area contributed by atoms with Crippen molar-refractivity contribution in [1.82, 2.24) is 0 Å². The van der Waals surface area contributed by atoms with Gasteiger partial charge in [0.05, 0.1) is 22.6 Å². The summed E-state index contributed by atoms with van der Waals surface area (Å²) < 4.78 is 43.2. The molecule has 5 aromatic rings. The van der Waals surface area contributed by atoms with Gasteiger partial charge in [-0.1, -0.05) is 127 Å². The average Bonchev–Trinajstić information content (AvgIpc) is 3.08. The van der Waals surface area contributed by atoms with Gasteiger partial charge in [0, 0.05) is 6.07 Å². The Labute approximate surface area is 262 Å². The molecule has 0 amide bonds. The van der Waals surface area contributed by atoms with Crippen LogP contribution in [0.2, 0.25) is 0 Å². The van der Waals surface area contributed by atoms with Crippen molar-refractivity contribution in [1.29, 1.82) is 0 Å². The van der Waals surface area contributed by atoms with E-state index < -0.39 is 14.7 Å². The lowest BCUT2D eigenvalue weighted by atomic mass is 10.2. The maximum absolute atomic E-state index is 15.0. The molecule has 0 bridgehead atoms. The largest absolute Gasteiger partial charge is 0.442 e.